The molecule has 0 amide bonds. The van der Waals surface area contributed by atoms with Crippen LogP contribution >= 0.6 is 0 Å². The number of ether oxygens (including phenoxy) is 15. The zero-order chi connectivity index (χ0) is 47.1. The summed E-state index contributed by atoms with van der Waals surface area (Å²) in [5.41, 5.74) is 1.38. The van der Waals surface area contributed by atoms with E-state index < -0.39 is 0 Å². The number of hydrogen-bond donors (Lipinski definition) is 0. The SMILES string of the molecule is C=C(C)COOCCOCCOCCOCCOCCOCCOCCOCCOCCOCCOCCOCCOCCOCCOCCOC1CCC(C(C)(C)C2CCCCC2)CC1. The summed E-state index contributed by atoms with van der Waals surface area (Å²) in [6.45, 7) is 26.4. The molecule has 66 heavy (non-hydrogen) atoms. The van der Waals surface area contributed by atoms with Gasteiger partial charge in [0.05, 0.1) is 198 Å². The first kappa shape index (κ1) is 61.2. The Labute approximate surface area is 398 Å². The van der Waals surface area contributed by atoms with Gasteiger partial charge in [0.2, 0.25) is 0 Å². The highest BCUT2D eigenvalue weighted by Crippen LogP contribution is 2.48. The zero-order valence-electron chi connectivity index (χ0n) is 41.7. The van der Waals surface area contributed by atoms with E-state index >= 15 is 0 Å². The maximum absolute atomic E-state index is 6.14. The summed E-state index contributed by atoms with van der Waals surface area (Å²) < 4.78 is 83.5. The summed E-state index contributed by atoms with van der Waals surface area (Å²) in [5, 5.41) is 0. The quantitative estimate of drug-likeness (QED) is 0.0306. The van der Waals surface area contributed by atoms with E-state index in [4.69, 9.17) is 80.8 Å². The predicted molar refractivity (Wildman–Crippen MR) is 250 cm³/mol. The molecule has 17 heteroatoms. The predicted octanol–water partition coefficient (Wildman–Crippen LogP) is 5.93. The van der Waals surface area contributed by atoms with Crippen LogP contribution in [-0.4, -0.2) is 211 Å². The van der Waals surface area contributed by atoms with Crippen LogP contribution < -0.4 is 0 Å². The Hall–Kier alpha value is -0.940. The topological polar surface area (TPSA) is 157 Å². The molecule has 17 nitrogen and oxygen atoms in total. The van der Waals surface area contributed by atoms with Gasteiger partial charge in [-0.15, -0.1) is 0 Å². The molecule has 0 radical (unpaired) electrons. The third kappa shape index (κ3) is 37.9. The number of rotatable bonds is 51. The summed E-state index contributed by atoms with van der Waals surface area (Å²) in [5.74, 6) is 1.75. The van der Waals surface area contributed by atoms with E-state index in [-0.39, 0.29) is 0 Å². The normalized spacial score (nSPS) is 17.3. The molecule has 0 aliphatic heterocycles. The first-order valence-electron chi connectivity index (χ1n) is 25.1. The van der Waals surface area contributed by atoms with Gasteiger partial charge >= 0.3 is 0 Å². The second-order valence-electron chi connectivity index (χ2n) is 17.1. The third-order valence-electron chi connectivity index (χ3n) is 11.5. The average molecular weight is 955 g/mol. The molecule has 2 saturated carbocycles. The molecule has 0 bridgehead atoms. The van der Waals surface area contributed by atoms with Crippen LogP contribution in [0.1, 0.15) is 78.6 Å². The van der Waals surface area contributed by atoms with Crippen molar-refractivity contribution in [1.29, 1.82) is 0 Å². The molecule has 0 atom stereocenters. The summed E-state index contributed by atoms with van der Waals surface area (Å²) in [6, 6.07) is 0. The third-order valence-corrected chi connectivity index (χ3v) is 11.5. The van der Waals surface area contributed by atoms with Gasteiger partial charge in [-0.3, -0.25) is 0 Å². The van der Waals surface area contributed by atoms with E-state index in [9.17, 15) is 0 Å². The molecule has 0 unspecified atom stereocenters. The molecule has 2 aliphatic rings. The minimum Gasteiger partial charge on any atom is -0.377 e. The van der Waals surface area contributed by atoms with Crippen LogP contribution in [-0.2, 0) is 80.8 Å². The molecule has 0 N–H and O–H groups in total. The monoisotopic (exact) mass is 955 g/mol. The first-order valence-corrected chi connectivity index (χ1v) is 25.1. The minimum absolute atomic E-state index is 0.364. The first-order chi connectivity index (χ1) is 32.5. The van der Waals surface area contributed by atoms with Gasteiger partial charge in [0.1, 0.15) is 13.2 Å². The van der Waals surface area contributed by atoms with Gasteiger partial charge < -0.3 is 71.1 Å². The van der Waals surface area contributed by atoms with Crippen LogP contribution in [0.5, 0.6) is 0 Å². The summed E-state index contributed by atoms with van der Waals surface area (Å²) in [7, 11) is 0. The van der Waals surface area contributed by atoms with Crippen LogP contribution in [0, 0.1) is 17.3 Å². The molecular formula is C49H94O17. The van der Waals surface area contributed by atoms with Crippen molar-refractivity contribution < 1.29 is 80.8 Å². The molecule has 0 aromatic carbocycles. The van der Waals surface area contributed by atoms with Crippen molar-refractivity contribution in [3.05, 3.63) is 12.2 Å². The van der Waals surface area contributed by atoms with Crippen LogP contribution in [0.4, 0.5) is 0 Å². The Balaban J connectivity index is 1.13. The average Bonchev–Trinajstić information content (AvgIpc) is 3.32. The Kier molecular flexibility index (Phi) is 43.1. The van der Waals surface area contributed by atoms with Crippen molar-refractivity contribution >= 4 is 0 Å². The molecule has 0 spiro atoms. The van der Waals surface area contributed by atoms with Gasteiger partial charge in [0.15, 0.2) is 0 Å². The standard InChI is InChI=1S/C49H94O17/c1-45(2)44-66-65-43-41-63-39-37-61-35-33-59-31-29-57-27-25-55-23-21-53-19-17-51-15-14-50-16-18-52-20-22-54-24-26-56-28-30-58-32-34-60-36-38-62-40-42-64-48-12-10-47(11-13-48)49(3,4)46-8-6-5-7-9-46/h46-48H,1,5-44H2,2-4H3. The van der Waals surface area contributed by atoms with E-state index in [1.807, 2.05) is 6.92 Å². The fraction of sp³-hybridized carbons (Fsp3) is 0.959. The van der Waals surface area contributed by atoms with Crippen LogP contribution in [0.15, 0.2) is 12.2 Å². The highest BCUT2D eigenvalue weighted by molar-refractivity contribution is 4.90. The second kappa shape index (κ2) is 46.4. The van der Waals surface area contributed by atoms with Gasteiger partial charge in [0.25, 0.3) is 0 Å². The van der Waals surface area contributed by atoms with Crippen molar-refractivity contribution in [1.82, 2.24) is 0 Å². The van der Waals surface area contributed by atoms with Crippen LogP contribution in [0.3, 0.4) is 0 Å². The molecular weight excluding hydrogens is 861 g/mol. The van der Waals surface area contributed by atoms with Crippen molar-refractivity contribution in [2.45, 2.75) is 84.7 Å². The summed E-state index contributed by atoms with van der Waals surface area (Å²) in [6.07, 6.45) is 12.5. The van der Waals surface area contributed by atoms with Gasteiger partial charge in [-0.2, -0.15) is 0 Å². The molecule has 2 rings (SSSR count). The van der Waals surface area contributed by atoms with E-state index in [1.54, 1.807) is 0 Å². The molecule has 0 aromatic rings. The van der Waals surface area contributed by atoms with Crippen molar-refractivity contribution in [3.8, 4) is 0 Å². The van der Waals surface area contributed by atoms with E-state index in [1.165, 1.54) is 57.8 Å². The lowest BCUT2D eigenvalue weighted by Gasteiger charge is -2.45. The molecule has 0 aromatic heterocycles. The highest BCUT2D eigenvalue weighted by Gasteiger charge is 2.39. The van der Waals surface area contributed by atoms with Crippen molar-refractivity contribution in [2.24, 2.45) is 17.3 Å². The van der Waals surface area contributed by atoms with Gasteiger partial charge in [-0.05, 0) is 62.7 Å². The highest BCUT2D eigenvalue weighted by atomic mass is 17.2. The molecule has 0 heterocycles. The van der Waals surface area contributed by atoms with Crippen molar-refractivity contribution in [3.63, 3.8) is 0 Å². The molecule has 392 valence electrons. The van der Waals surface area contributed by atoms with Gasteiger partial charge in [-0.25, -0.2) is 9.78 Å². The second-order valence-corrected chi connectivity index (χ2v) is 17.1. The number of hydrogen-bond acceptors (Lipinski definition) is 17. The Morgan fingerprint density at radius 1 is 0.333 bits per heavy atom. The molecule has 2 aliphatic carbocycles. The summed E-state index contributed by atoms with van der Waals surface area (Å²) in [4.78, 5) is 9.87. The van der Waals surface area contributed by atoms with E-state index in [0.29, 0.717) is 216 Å². The molecule has 2 fully saturated rings. The Morgan fingerprint density at radius 2 is 0.591 bits per heavy atom. The Morgan fingerprint density at radius 3 is 0.879 bits per heavy atom. The fourth-order valence-corrected chi connectivity index (χ4v) is 7.68. The largest absolute Gasteiger partial charge is 0.377 e. The van der Waals surface area contributed by atoms with Crippen LogP contribution in [0.2, 0.25) is 0 Å². The maximum atomic E-state index is 6.14. The Bertz CT molecular complexity index is 1010. The summed E-state index contributed by atoms with van der Waals surface area (Å²) >= 11 is 0. The van der Waals surface area contributed by atoms with Gasteiger partial charge in [-0.1, -0.05) is 45.3 Å². The lowest BCUT2D eigenvalue weighted by Crippen LogP contribution is -2.37. The van der Waals surface area contributed by atoms with Gasteiger partial charge in [0, 0.05) is 0 Å². The van der Waals surface area contributed by atoms with E-state index in [2.05, 4.69) is 20.4 Å². The van der Waals surface area contributed by atoms with Crippen molar-refractivity contribution in [2.75, 3.05) is 205 Å². The lowest BCUT2D eigenvalue weighted by atomic mass is 9.61. The fourth-order valence-electron chi connectivity index (χ4n) is 7.68. The van der Waals surface area contributed by atoms with E-state index in [0.717, 1.165) is 17.4 Å². The maximum Gasteiger partial charge on any atom is 0.106 e. The zero-order valence-corrected chi connectivity index (χ0v) is 41.7. The minimum atomic E-state index is 0.364. The van der Waals surface area contributed by atoms with Crippen LogP contribution in [0.25, 0.3) is 0 Å². The lowest BCUT2D eigenvalue weighted by molar-refractivity contribution is -0.292. The smallest absolute Gasteiger partial charge is 0.106 e. The molecule has 0 saturated heterocycles.